The maximum atomic E-state index is 12.5. The zero-order chi connectivity index (χ0) is 28.5. The molecule has 1 aliphatic carbocycles. The quantitative estimate of drug-likeness (QED) is 0.203. The highest BCUT2D eigenvalue weighted by Gasteiger charge is 2.50. The topological polar surface area (TPSA) is 192 Å². The van der Waals surface area contributed by atoms with Crippen molar-refractivity contribution < 1.29 is 59.2 Å². The van der Waals surface area contributed by atoms with Crippen molar-refractivity contribution in [1.82, 2.24) is 0 Å². The smallest absolute Gasteiger partial charge is 0.335 e. The van der Waals surface area contributed by atoms with E-state index in [1.165, 1.54) is 26.4 Å². The second kappa shape index (κ2) is 11.1. The minimum Gasteiger partial charge on any atom is -0.504 e. The Labute approximate surface area is 223 Å². The number of hydrogen-bond donors (Lipinski definition) is 6. The van der Waals surface area contributed by atoms with Gasteiger partial charge in [-0.05, 0) is 41.5 Å². The predicted molar refractivity (Wildman–Crippen MR) is 134 cm³/mol. The second-order valence-electron chi connectivity index (χ2n) is 9.51. The number of methoxy groups -OCH3 is 2. The van der Waals surface area contributed by atoms with Crippen molar-refractivity contribution >= 4 is 18.0 Å². The summed E-state index contributed by atoms with van der Waals surface area (Å²) in [5.74, 6) is -2.11. The van der Waals surface area contributed by atoms with Gasteiger partial charge in [-0.2, -0.15) is 0 Å². The lowest BCUT2D eigenvalue weighted by Gasteiger charge is -2.39. The number of phenols is 1. The molecule has 0 aromatic heterocycles. The van der Waals surface area contributed by atoms with Gasteiger partial charge in [0.25, 0.3) is 0 Å². The van der Waals surface area contributed by atoms with Gasteiger partial charge in [-0.3, -0.25) is 0 Å². The molecule has 210 valence electrons. The Morgan fingerprint density at radius 2 is 1.82 bits per heavy atom. The van der Waals surface area contributed by atoms with E-state index in [0.29, 0.717) is 28.2 Å². The molecule has 1 saturated carbocycles. The van der Waals surface area contributed by atoms with Gasteiger partial charge in [0, 0.05) is 24.5 Å². The maximum Gasteiger partial charge on any atom is 0.335 e. The fourth-order valence-corrected chi connectivity index (χ4v) is 4.92. The summed E-state index contributed by atoms with van der Waals surface area (Å²) in [6, 6.07) is 8.02. The molecular weight excluding hydrogens is 516 g/mol. The highest BCUT2D eigenvalue weighted by molar-refractivity contribution is 5.87. The number of aromatic hydroxyl groups is 1. The van der Waals surface area contributed by atoms with Crippen LogP contribution in [0.15, 0.2) is 36.4 Å². The first-order valence-electron chi connectivity index (χ1n) is 12.1. The SMILES string of the molecule is COc1cc([C@@H]2Oc3c(OC)cc(/C=C/C(=O)O[C@@H]4C[C@](O)(C(=O)O)C[C@H](O)[C@@H]4O)cc3[C@@H]2CO)ccc1O. The van der Waals surface area contributed by atoms with Crippen LogP contribution in [0.1, 0.15) is 41.6 Å². The number of hydrogen-bond acceptors (Lipinski definition) is 11. The molecule has 4 rings (SSSR count). The zero-order valence-electron chi connectivity index (χ0n) is 21.2. The molecule has 1 fully saturated rings. The lowest BCUT2D eigenvalue weighted by atomic mass is 9.79. The average Bonchev–Trinajstić information content (AvgIpc) is 3.28. The number of benzene rings is 2. The number of carboxylic acids is 1. The number of carbonyl (C=O) groups excluding carboxylic acids is 1. The normalized spacial score (nSPS) is 28.0. The summed E-state index contributed by atoms with van der Waals surface area (Å²) in [7, 11) is 2.85. The van der Waals surface area contributed by atoms with Crippen molar-refractivity contribution in [1.29, 1.82) is 0 Å². The van der Waals surface area contributed by atoms with Crippen LogP contribution in [-0.4, -0.2) is 87.3 Å². The summed E-state index contributed by atoms with van der Waals surface area (Å²) in [6.45, 7) is -0.284. The van der Waals surface area contributed by atoms with Crippen molar-refractivity contribution in [3.8, 4) is 23.0 Å². The van der Waals surface area contributed by atoms with Crippen LogP contribution >= 0.6 is 0 Å². The molecule has 0 spiro atoms. The molecule has 1 heterocycles. The number of aliphatic hydroxyl groups is 4. The number of rotatable bonds is 8. The van der Waals surface area contributed by atoms with Gasteiger partial charge in [0.2, 0.25) is 0 Å². The van der Waals surface area contributed by atoms with Gasteiger partial charge in [0.05, 0.1) is 32.8 Å². The van der Waals surface area contributed by atoms with Crippen LogP contribution in [0.5, 0.6) is 23.0 Å². The van der Waals surface area contributed by atoms with Gasteiger partial charge in [-0.15, -0.1) is 0 Å². The van der Waals surface area contributed by atoms with Gasteiger partial charge in [-0.1, -0.05) is 6.07 Å². The zero-order valence-corrected chi connectivity index (χ0v) is 21.2. The summed E-state index contributed by atoms with van der Waals surface area (Å²) >= 11 is 0. The Bertz CT molecular complexity index is 1270. The molecule has 0 bridgehead atoms. The standard InChI is InChI=1S/C27H30O12/c1-36-19-9-14(4-5-17(19)29)24-16(12-28)15-7-13(8-20(37-2)25(15)39-24)3-6-22(31)38-21-11-27(35,26(33)34)10-18(30)23(21)32/h3-9,16,18,21,23-24,28-30,32,35H,10-12H2,1-2H3,(H,33,34)/b6-3+/t16-,18-,21+,23-,24-,27-/m0/s1. The van der Waals surface area contributed by atoms with Crippen LogP contribution in [0.25, 0.3) is 6.08 Å². The van der Waals surface area contributed by atoms with Gasteiger partial charge >= 0.3 is 11.9 Å². The first-order chi connectivity index (χ1) is 18.5. The molecule has 6 atom stereocenters. The number of ether oxygens (including phenoxy) is 4. The van der Waals surface area contributed by atoms with Crippen LogP contribution < -0.4 is 14.2 Å². The third kappa shape index (κ3) is 5.50. The molecule has 2 aromatic rings. The van der Waals surface area contributed by atoms with Gasteiger partial charge < -0.3 is 49.6 Å². The number of fused-ring (bicyclic) bond motifs is 1. The minimum atomic E-state index is -2.35. The Morgan fingerprint density at radius 1 is 1.10 bits per heavy atom. The molecule has 6 N–H and O–H groups in total. The van der Waals surface area contributed by atoms with Gasteiger partial charge in [0.15, 0.2) is 28.6 Å². The van der Waals surface area contributed by atoms with E-state index in [1.807, 2.05) is 0 Å². The minimum absolute atomic E-state index is 0.0444. The van der Waals surface area contributed by atoms with E-state index in [-0.39, 0.29) is 18.1 Å². The van der Waals surface area contributed by atoms with Gasteiger partial charge in [0.1, 0.15) is 18.3 Å². The van der Waals surface area contributed by atoms with E-state index in [0.717, 1.165) is 6.08 Å². The first kappa shape index (κ1) is 28.2. The molecule has 12 nitrogen and oxygen atoms in total. The van der Waals surface area contributed by atoms with E-state index in [2.05, 4.69) is 0 Å². The van der Waals surface area contributed by atoms with Crippen molar-refractivity contribution in [3.63, 3.8) is 0 Å². The van der Waals surface area contributed by atoms with Crippen LogP contribution in [0.3, 0.4) is 0 Å². The molecule has 2 aliphatic rings. The van der Waals surface area contributed by atoms with Crippen molar-refractivity contribution in [3.05, 3.63) is 53.1 Å². The van der Waals surface area contributed by atoms with E-state index < -0.39 is 60.7 Å². The predicted octanol–water partition coefficient (Wildman–Crippen LogP) is 0.875. The molecule has 0 radical (unpaired) electrons. The monoisotopic (exact) mass is 546 g/mol. The largest absolute Gasteiger partial charge is 0.504 e. The van der Waals surface area contributed by atoms with Crippen LogP contribution in [0.2, 0.25) is 0 Å². The van der Waals surface area contributed by atoms with Crippen molar-refractivity contribution in [2.75, 3.05) is 20.8 Å². The molecule has 0 unspecified atom stereocenters. The Hall–Kier alpha value is -3.84. The Balaban J connectivity index is 1.55. The first-order valence-corrected chi connectivity index (χ1v) is 12.1. The molecule has 1 aliphatic heterocycles. The lowest BCUT2D eigenvalue weighted by Crippen LogP contribution is -2.57. The fourth-order valence-electron chi connectivity index (χ4n) is 4.92. The van der Waals surface area contributed by atoms with E-state index in [1.54, 1.807) is 24.3 Å². The number of esters is 1. The Kier molecular flexibility index (Phi) is 8.02. The third-order valence-corrected chi connectivity index (χ3v) is 7.00. The number of phenolic OH excluding ortho intramolecular Hbond substituents is 1. The van der Waals surface area contributed by atoms with Gasteiger partial charge in [-0.25, -0.2) is 9.59 Å². The number of aliphatic carboxylic acids is 1. The highest BCUT2D eigenvalue weighted by Crippen LogP contribution is 2.51. The van der Waals surface area contributed by atoms with E-state index >= 15 is 0 Å². The molecule has 39 heavy (non-hydrogen) atoms. The van der Waals surface area contributed by atoms with Crippen LogP contribution in [0.4, 0.5) is 0 Å². The molecular formula is C27H30O12. The fraction of sp³-hybridized carbons (Fsp3) is 0.407. The molecule has 2 aromatic carbocycles. The Morgan fingerprint density at radius 3 is 2.46 bits per heavy atom. The van der Waals surface area contributed by atoms with Crippen LogP contribution in [0, 0.1) is 0 Å². The number of carboxylic acid groups (broad SMARTS) is 1. The second-order valence-corrected chi connectivity index (χ2v) is 9.51. The lowest BCUT2D eigenvalue weighted by molar-refractivity contribution is -0.196. The summed E-state index contributed by atoms with van der Waals surface area (Å²) in [5, 5.41) is 59.7. The maximum absolute atomic E-state index is 12.5. The highest BCUT2D eigenvalue weighted by atomic mass is 16.6. The van der Waals surface area contributed by atoms with Crippen molar-refractivity contribution in [2.24, 2.45) is 0 Å². The van der Waals surface area contributed by atoms with Crippen LogP contribution in [-0.2, 0) is 14.3 Å². The summed E-state index contributed by atoms with van der Waals surface area (Å²) in [6.07, 6.45) is -3.99. The number of aliphatic hydroxyl groups excluding tert-OH is 3. The summed E-state index contributed by atoms with van der Waals surface area (Å²) < 4.78 is 21.9. The average molecular weight is 547 g/mol. The third-order valence-electron chi connectivity index (χ3n) is 7.00. The molecule has 0 amide bonds. The summed E-state index contributed by atoms with van der Waals surface area (Å²) in [5.41, 5.74) is -0.603. The van der Waals surface area contributed by atoms with Crippen molar-refractivity contribution in [2.45, 2.75) is 48.8 Å². The number of carbonyl (C=O) groups is 2. The van der Waals surface area contributed by atoms with E-state index in [4.69, 9.17) is 18.9 Å². The summed E-state index contributed by atoms with van der Waals surface area (Å²) in [4.78, 5) is 23.9. The van der Waals surface area contributed by atoms with E-state index in [9.17, 15) is 40.2 Å². The molecule has 0 saturated heterocycles. The molecule has 12 heteroatoms.